The minimum absolute atomic E-state index is 0.125. The van der Waals surface area contributed by atoms with Gasteiger partial charge in [-0.2, -0.15) is 9.78 Å². The number of pyridine rings is 1. The average Bonchev–Trinajstić information content (AvgIpc) is 2.41. The molecule has 1 aromatic heterocycles. The molecule has 0 atom stereocenters. The molecule has 21 heavy (non-hydrogen) atoms. The van der Waals surface area contributed by atoms with Crippen molar-refractivity contribution in [3.05, 3.63) is 50.8 Å². The lowest BCUT2D eigenvalue weighted by atomic mass is 10.2. The Morgan fingerprint density at radius 1 is 1.38 bits per heavy atom. The Morgan fingerprint density at radius 2 is 2.10 bits per heavy atom. The van der Waals surface area contributed by atoms with Gasteiger partial charge in [-0.15, -0.1) is 0 Å². The SMILES string of the molecule is COc1cc(/C=N/n2c(N)cc(C)cc2=O)cc(Cl)c1O. The van der Waals surface area contributed by atoms with Crippen LogP contribution in [0.25, 0.3) is 0 Å². The van der Waals surface area contributed by atoms with E-state index < -0.39 is 0 Å². The van der Waals surface area contributed by atoms with Crippen LogP contribution in [0.2, 0.25) is 5.02 Å². The fourth-order valence-corrected chi connectivity index (χ4v) is 2.01. The Morgan fingerprint density at radius 3 is 2.71 bits per heavy atom. The Kier molecular flexibility index (Phi) is 4.18. The number of nitrogens with two attached hydrogens (primary N) is 1. The van der Waals surface area contributed by atoms with Crippen LogP contribution in [0.4, 0.5) is 5.82 Å². The molecule has 0 aliphatic heterocycles. The van der Waals surface area contributed by atoms with Crippen LogP contribution < -0.4 is 16.0 Å². The Balaban J connectivity index is 2.43. The van der Waals surface area contributed by atoms with Gasteiger partial charge in [-0.05, 0) is 36.2 Å². The quantitative estimate of drug-likeness (QED) is 0.849. The van der Waals surface area contributed by atoms with Crippen molar-refractivity contribution < 1.29 is 9.84 Å². The fraction of sp³-hybridized carbons (Fsp3) is 0.143. The normalized spacial score (nSPS) is 11.0. The number of aromatic hydroxyl groups is 1. The maximum absolute atomic E-state index is 11.8. The molecule has 0 aliphatic carbocycles. The van der Waals surface area contributed by atoms with Gasteiger partial charge >= 0.3 is 0 Å². The molecule has 2 rings (SSSR count). The third-order valence-corrected chi connectivity index (χ3v) is 3.06. The van der Waals surface area contributed by atoms with Crippen LogP contribution in [0, 0.1) is 6.92 Å². The monoisotopic (exact) mass is 307 g/mol. The number of halogens is 1. The number of phenolic OH excluding ortho intramolecular Hbond substituents is 1. The molecule has 1 aromatic carbocycles. The summed E-state index contributed by atoms with van der Waals surface area (Å²) in [5.74, 6) is 0.296. The lowest BCUT2D eigenvalue weighted by Gasteiger charge is -2.07. The molecule has 2 aromatic rings. The number of benzene rings is 1. The van der Waals surface area contributed by atoms with E-state index in [4.69, 9.17) is 22.1 Å². The second-order valence-corrected chi connectivity index (χ2v) is 4.81. The van der Waals surface area contributed by atoms with E-state index in [1.54, 1.807) is 19.1 Å². The van der Waals surface area contributed by atoms with Crippen molar-refractivity contribution in [2.75, 3.05) is 12.8 Å². The van der Waals surface area contributed by atoms with Crippen LogP contribution in [-0.2, 0) is 0 Å². The van der Waals surface area contributed by atoms with Crippen molar-refractivity contribution in [2.45, 2.75) is 6.92 Å². The molecule has 0 spiro atoms. The summed E-state index contributed by atoms with van der Waals surface area (Å²) in [6.07, 6.45) is 1.40. The number of hydrogen-bond donors (Lipinski definition) is 2. The number of anilines is 1. The molecule has 0 unspecified atom stereocenters. The van der Waals surface area contributed by atoms with Crippen LogP contribution in [0.5, 0.6) is 11.5 Å². The largest absolute Gasteiger partial charge is 0.503 e. The summed E-state index contributed by atoms with van der Waals surface area (Å²) in [4.78, 5) is 11.8. The number of methoxy groups -OCH3 is 1. The molecular weight excluding hydrogens is 294 g/mol. The maximum atomic E-state index is 11.8. The van der Waals surface area contributed by atoms with Gasteiger partial charge in [0.15, 0.2) is 11.5 Å². The van der Waals surface area contributed by atoms with Crippen molar-refractivity contribution in [1.29, 1.82) is 0 Å². The first-order valence-electron chi connectivity index (χ1n) is 6.02. The maximum Gasteiger partial charge on any atom is 0.273 e. The second kappa shape index (κ2) is 5.88. The van der Waals surface area contributed by atoms with Crippen molar-refractivity contribution in [3.63, 3.8) is 0 Å². The highest BCUT2D eigenvalue weighted by Crippen LogP contribution is 2.34. The summed E-state index contributed by atoms with van der Waals surface area (Å²) < 4.78 is 6.06. The van der Waals surface area contributed by atoms with Gasteiger partial charge in [0.25, 0.3) is 5.56 Å². The van der Waals surface area contributed by atoms with Crippen molar-refractivity contribution >= 4 is 23.6 Å². The van der Waals surface area contributed by atoms with Gasteiger partial charge < -0.3 is 15.6 Å². The molecular formula is C14H14ClN3O3. The van der Waals surface area contributed by atoms with Gasteiger partial charge in [-0.25, -0.2) is 0 Å². The lowest BCUT2D eigenvalue weighted by molar-refractivity contribution is 0.373. The first-order valence-corrected chi connectivity index (χ1v) is 6.40. The molecule has 7 heteroatoms. The Bertz CT molecular complexity index is 769. The van der Waals surface area contributed by atoms with E-state index in [2.05, 4.69) is 5.10 Å². The predicted molar refractivity (Wildman–Crippen MR) is 82.5 cm³/mol. The van der Waals surface area contributed by atoms with E-state index in [0.29, 0.717) is 5.56 Å². The minimum atomic E-state index is -0.333. The first-order chi connectivity index (χ1) is 9.92. The number of nitrogen functional groups attached to an aromatic ring is 1. The summed E-state index contributed by atoms with van der Waals surface area (Å²) >= 11 is 5.88. The Hall–Kier alpha value is -2.47. The summed E-state index contributed by atoms with van der Waals surface area (Å²) in [6, 6.07) is 6.11. The topological polar surface area (TPSA) is 89.8 Å². The van der Waals surface area contributed by atoms with Gasteiger partial charge in [0, 0.05) is 6.07 Å². The number of phenols is 1. The van der Waals surface area contributed by atoms with E-state index in [9.17, 15) is 9.90 Å². The van der Waals surface area contributed by atoms with Gasteiger partial charge in [0.1, 0.15) is 5.82 Å². The standard InChI is InChI=1S/C14H14ClN3O3/c1-8-3-12(16)18(13(19)4-8)17-7-9-5-10(15)14(20)11(6-9)21-2/h3-7,20H,16H2,1-2H3/b17-7+. The van der Waals surface area contributed by atoms with Crippen LogP contribution >= 0.6 is 11.6 Å². The van der Waals surface area contributed by atoms with E-state index >= 15 is 0 Å². The first kappa shape index (κ1) is 14.9. The summed E-state index contributed by atoms with van der Waals surface area (Å²) in [6.45, 7) is 1.77. The van der Waals surface area contributed by atoms with Gasteiger partial charge in [-0.1, -0.05) is 11.6 Å². The molecule has 6 nitrogen and oxygen atoms in total. The average molecular weight is 308 g/mol. The molecule has 0 saturated carbocycles. The van der Waals surface area contributed by atoms with Crippen molar-refractivity contribution in [1.82, 2.24) is 4.68 Å². The van der Waals surface area contributed by atoms with Gasteiger partial charge in [0.05, 0.1) is 18.3 Å². The van der Waals surface area contributed by atoms with E-state index in [-0.39, 0.29) is 27.9 Å². The van der Waals surface area contributed by atoms with Crippen LogP contribution in [0.15, 0.2) is 34.2 Å². The molecule has 0 aliphatic rings. The number of rotatable bonds is 3. The number of aromatic nitrogens is 1. The summed E-state index contributed by atoms with van der Waals surface area (Å²) in [5.41, 5.74) is 6.74. The zero-order valence-electron chi connectivity index (χ0n) is 11.5. The highest BCUT2D eigenvalue weighted by atomic mass is 35.5. The van der Waals surface area contributed by atoms with Crippen LogP contribution in [-0.4, -0.2) is 23.1 Å². The molecule has 0 saturated heterocycles. The lowest BCUT2D eigenvalue weighted by Crippen LogP contribution is -2.19. The smallest absolute Gasteiger partial charge is 0.273 e. The zero-order valence-corrected chi connectivity index (χ0v) is 12.3. The highest BCUT2D eigenvalue weighted by Gasteiger charge is 2.08. The van der Waals surface area contributed by atoms with Crippen LogP contribution in [0.3, 0.4) is 0 Å². The van der Waals surface area contributed by atoms with Crippen molar-refractivity contribution in [2.24, 2.45) is 5.10 Å². The highest BCUT2D eigenvalue weighted by molar-refractivity contribution is 6.32. The number of hydrogen-bond acceptors (Lipinski definition) is 5. The third kappa shape index (κ3) is 3.17. The Labute approximate surface area is 126 Å². The van der Waals surface area contributed by atoms with Crippen molar-refractivity contribution in [3.8, 4) is 11.5 Å². The third-order valence-electron chi connectivity index (χ3n) is 2.77. The number of aryl methyl sites for hydroxylation is 1. The molecule has 1 heterocycles. The molecule has 110 valence electrons. The number of nitrogens with zero attached hydrogens (tertiary/aromatic N) is 2. The summed E-state index contributed by atoms with van der Waals surface area (Å²) in [7, 11) is 1.41. The molecule has 0 bridgehead atoms. The van der Waals surface area contributed by atoms with Crippen LogP contribution in [0.1, 0.15) is 11.1 Å². The molecule has 0 fully saturated rings. The second-order valence-electron chi connectivity index (χ2n) is 4.41. The zero-order chi connectivity index (χ0) is 15.6. The summed E-state index contributed by atoms with van der Waals surface area (Å²) in [5, 5.41) is 13.8. The minimum Gasteiger partial charge on any atom is -0.503 e. The van der Waals surface area contributed by atoms with Gasteiger partial charge in [0.2, 0.25) is 0 Å². The predicted octanol–water partition coefficient (Wildman–Crippen LogP) is 1.99. The number of ether oxygens (including phenoxy) is 1. The fourth-order valence-electron chi connectivity index (χ4n) is 1.79. The van der Waals surface area contributed by atoms with E-state index in [1.165, 1.54) is 25.5 Å². The molecule has 3 N–H and O–H groups in total. The van der Waals surface area contributed by atoms with Gasteiger partial charge in [-0.3, -0.25) is 4.79 Å². The molecule has 0 radical (unpaired) electrons. The van der Waals surface area contributed by atoms with E-state index in [1.807, 2.05) is 0 Å². The molecule has 0 amide bonds. The van der Waals surface area contributed by atoms with E-state index in [0.717, 1.165) is 10.2 Å².